The average molecular weight is 256 g/mol. The Kier molecular flexibility index (Phi) is 2.38. The van der Waals surface area contributed by atoms with Crippen molar-refractivity contribution in [3.63, 3.8) is 0 Å². The summed E-state index contributed by atoms with van der Waals surface area (Å²) in [5.74, 6) is 0.152. The van der Waals surface area contributed by atoms with E-state index < -0.39 is 5.97 Å². The van der Waals surface area contributed by atoms with Crippen molar-refractivity contribution in [3.8, 4) is 11.4 Å². The molecule has 0 bridgehead atoms. The van der Waals surface area contributed by atoms with Gasteiger partial charge in [-0.05, 0) is 6.92 Å². The number of nitrogens with zero attached hydrogens (tertiary/aromatic N) is 4. The molecule has 6 nitrogen and oxygen atoms in total. The lowest BCUT2D eigenvalue weighted by Crippen LogP contribution is -2.01. The first-order valence-corrected chi connectivity index (χ1v) is 5.78. The summed E-state index contributed by atoms with van der Waals surface area (Å²) in [5, 5.41) is 13.4. The van der Waals surface area contributed by atoms with Crippen LogP contribution < -0.4 is 0 Å². The summed E-state index contributed by atoms with van der Waals surface area (Å²) in [4.78, 5) is 15.2. The summed E-state index contributed by atoms with van der Waals surface area (Å²) in [6.07, 6.45) is 1.31. The molecule has 6 heteroatoms. The zero-order valence-electron chi connectivity index (χ0n) is 10.5. The van der Waals surface area contributed by atoms with E-state index in [4.69, 9.17) is 5.11 Å². The summed E-state index contributed by atoms with van der Waals surface area (Å²) >= 11 is 0. The van der Waals surface area contributed by atoms with Crippen LogP contribution in [0, 0.1) is 6.92 Å². The van der Waals surface area contributed by atoms with Crippen LogP contribution in [0.5, 0.6) is 0 Å². The van der Waals surface area contributed by atoms with Crippen molar-refractivity contribution in [1.82, 2.24) is 19.2 Å². The number of imidazole rings is 1. The Morgan fingerprint density at radius 2 is 1.95 bits per heavy atom. The number of hydrogen-bond acceptors (Lipinski definition) is 3. The Bertz CT molecular complexity index is 768. The second kappa shape index (κ2) is 3.94. The molecule has 0 saturated carbocycles. The summed E-state index contributed by atoms with van der Waals surface area (Å²) in [6.45, 7) is 2.01. The van der Waals surface area contributed by atoms with Gasteiger partial charge in [-0.1, -0.05) is 29.8 Å². The smallest absolute Gasteiger partial charge is 0.356 e. The zero-order valence-corrected chi connectivity index (χ0v) is 10.5. The number of fused-ring (bicyclic) bond motifs is 1. The Hall–Kier alpha value is -2.63. The van der Waals surface area contributed by atoms with Crippen molar-refractivity contribution in [2.75, 3.05) is 0 Å². The molecule has 3 aromatic rings. The van der Waals surface area contributed by atoms with E-state index in [1.54, 1.807) is 4.57 Å². The van der Waals surface area contributed by atoms with E-state index in [9.17, 15) is 4.79 Å². The van der Waals surface area contributed by atoms with Crippen LogP contribution in [0.25, 0.3) is 17.2 Å². The van der Waals surface area contributed by atoms with Crippen LogP contribution in [0.3, 0.4) is 0 Å². The minimum atomic E-state index is -1.04. The number of carbonyl (C=O) groups is 1. The SMILES string of the molecule is Cc1ccc(-c2nn3c(C(=O)O)cnc3n2C)cc1. The highest BCUT2D eigenvalue weighted by Gasteiger charge is 2.17. The highest BCUT2D eigenvalue weighted by molar-refractivity contribution is 5.86. The molecule has 0 saturated heterocycles. The fourth-order valence-corrected chi connectivity index (χ4v) is 2.02. The number of carboxylic acid groups (broad SMARTS) is 1. The fourth-order valence-electron chi connectivity index (χ4n) is 2.02. The molecule has 0 radical (unpaired) electrons. The number of aryl methyl sites for hydroxylation is 2. The lowest BCUT2D eigenvalue weighted by molar-refractivity contribution is 0.0688. The van der Waals surface area contributed by atoms with Crippen molar-refractivity contribution < 1.29 is 9.90 Å². The van der Waals surface area contributed by atoms with Gasteiger partial charge in [-0.25, -0.2) is 9.78 Å². The third kappa shape index (κ3) is 1.69. The van der Waals surface area contributed by atoms with E-state index in [-0.39, 0.29) is 5.69 Å². The molecule has 0 aliphatic heterocycles. The Morgan fingerprint density at radius 3 is 2.58 bits per heavy atom. The predicted octanol–water partition coefficient (Wildman–Crippen LogP) is 1.74. The van der Waals surface area contributed by atoms with E-state index in [0.717, 1.165) is 11.1 Å². The third-order valence-corrected chi connectivity index (χ3v) is 3.06. The first-order chi connectivity index (χ1) is 9.08. The summed E-state index contributed by atoms with van der Waals surface area (Å²) in [7, 11) is 1.82. The van der Waals surface area contributed by atoms with Crippen LogP contribution >= 0.6 is 0 Å². The zero-order chi connectivity index (χ0) is 13.6. The maximum absolute atomic E-state index is 11.1. The molecule has 0 unspecified atom stereocenters. The summed E-state index contributed by atoms with van der Waals surface area (Å²) < 4.78 is 3.12. The molecule has 2 aromatic heterocycles. The van der Waals surface area contributed by atoms with Crippen LogP contribution in [0.15, 0.2) is 30.5 Å². The molecule has 96 valence electrons. The van der Waals surface area contributed by atoms with Gasteiger partial charge < -0.3 is 5.11 Å². The molecule has 1 N–H and O–H groups in total. The van der Waals surface area contributed by atoms with Crippen LogP contribution in [-0.4, -0.2) is 30.2 Å². The molecule has 0 aliphatic rings. The number of hydrogen-bond donors (Lipinski definition) is 1. The van der Waals surface area contributed by atoms with E-state index >= 15 is 0 Å². The molecular weight excluding hydrogens is 244 g/mol. The lowest BCUT2D eigenvalue weighted by Gasteiger charge is -2.00. The first-order valence-electron chi connectivity index (χ1n) is 5.78. The maximum atomic E-state index is 11.1. The summed E-state index contributed by atoms with van der Waals surface area (Å²) in [6, 6.07) is 7.89. The molecule has 0 amide bonds. The molecule has 2 heterocycles. The molecule has 1 aromatic carbocycles. The van der Waals surface area contributed by atoms with E-state index in [1.807, 2.05) is 38.2 Å². The number of rotatable bonds is 2. The van der Waals surface area contributed by atoms with E-state index in [2.05, 4.69) is 10.1 Å². The maximum Gasteiger partial charge on any atom is 0.356 e. The molecule has 3 rings (SSSR count). The lowest BCUT2D eigenvalue weighted by atomic mass is 10.1. The molecule has 19 heavy (non-hydrogen) atoms. The molecule has 0 spiro atoms. The minimum Gasteiger partial charge on any atom is -0.476 e. The van der Waals surface area contributed by atoms with Crippen LogP contribution in [0.1, 0.15) is 16.1 Å². The molecule has 0 fully saturated rings. The van der Waals surface area contributed by atoms with Crippen LogP contribution in [0.2, 0.25) is 0 Å². The molecule has 0 aliphatic carbocycles. The van der Waals surface area contributed by atoms with Crippen molar-refractivity contribution >= 4 is 11.7 Å². The Labute approximate surface area is 108 Å². The van der Waals surface area contributed by atoms with Crippen molar-refractivity contribution in [3.05, 3.63) is 41.7 Å². The van der Waals surface area contributed by atoms with Crippen molar-refractivity contribution in [1.29, 1.82) is 0 Å². The third-order valence-electron chi connectivity index (χ3n) is 3.06. The van der Waals surface area contributed by atoms with Crippen LogP contribution in [-0.2, 0) is 7.05 Å². The topological polar surface area (TPSA) is 72.4 Å². The van der Waals surface area contributed by atoms with E-state index in [0.29, 0.717) is 11.6 Å². The van der Waals surface area contributed by atoms with Crippen LogP contribution in [0.4, 0.5) is 0 Å². The molecule has 0 atom stereocenters. The van der Waals surface area contributed by atoms with Crippen molar-refractivity contribution in [2.45, 2.75) is 6.92 Å². The van der Waals surface area contributed by atoms with Gasteiger partial charge in [0.15, 0.2) is 11.5 Å². The van der Waals surface area contributed by atoms with Gasteiger partial charge in [-0.15, -0.1) is 5.10 Å². The van der Waals surface area contributed by atoms with Gasteiger partial charge >= 0.3 is 5.97 Å². The average Bonchev–Trinajstić information content (AvgIpc) is 2.91. The Balaban J connectivity index is 2.22. The number of carboxylic acids is 1. The van der Waals surface area contributed by atoms with E-state index in [1.165, 1.54) is 10.7 Å². The van der Waals surface area contributed by atoms with Gasteiger partial charge in [0.05, 0.1) is 6.20 Å². The second-order valence-corrected chi connectivity index (χ2v) is 4.41. The number of benzene rings is 1. The quantitative estimate of drug-likeness (QED) is 0.758. The standard InChI is InChI=1S/C13H12N4O2/c1-8-3-5-9(6-4-8)11-15-17-10(12(18)19)7-14-13(17)16(11)2/h3-7H,1-2H3,(H,18,19). The highest BCUT2D eigenvalue weighted by Crippen LogP contribution is 2.20. The first kappa shape index (κ1) is 11.5. The number of aromatic nitrogens is 4. The van der Waals surface area contributed by atoms with Gasteiger partial charge in [0.2, 0.25) is 5.78 Å². The fraction of sp³-hybridized carbons (Fsp3) is 0.154. The summed E-state index contributed by atoms with van der Waals surface area (Å²) in [5.41, 5.74) is 2.15. The van der Waals surface area contributed by atoms with Gasteiger partial charge in [0, 0.05) is 12.6 Å². The number of aromatic carboxylic acids is 1. The monoisotopic (exact) mass is 256 g/mol. The van der Waals surface area contributed by atoms with Crippen molar-refractivity contribution in [2.24, 2.45) is 7.05 Å². The minimum absolute atomic E-state index is 0.0592. The largest absolute Gasteiger partial charge is 0.476 e. The van der Waals surface area contributed by atoms with Gasteiger partial charge in [-0.3, -0.25) is 4.57 Å². The second-order valence-electron chi connectivity index (χ2n) is 4.41. The highest BCUT2D eigenvalue weighted by atomic mass is 16.4. The normalized spacial score (nSPS) is 11.1. The van der Waals surface area contributed by atoms with Gasteiger partial charge in [0.1, 0.15) is 0 Å². The molecular formula is C13H12N4O2. The Morgan fingerprint density at radius 1 is 1.26 bits per heavy atom. The predicted molar refractivity (Wildman–Crippen MR) is 69.1 cm³/mol. The van der Waals surface area contributed by atoms with Gasteiger partial charge in [-0.2, -0.15) is 4.52 Å². The van der Waals surface area contributed by atoms with Gasteiger partial charge in [0.25, 0.3) is 0 Å².